The third-order valence-corrected chi connectivity index (χ3v) is 2.16. The zero-order chi connectivity index (χ0) is 12.1. The van der Waals surface area contributed by atoms with Gasteiger partial charge in [-0.2, -0.15) is 5.10 Å². The second-order valence-electron chi connectivity index (χ2n) is 3.25. The molecule has 0 saturated carbocycles. The van der Waals surface area contributed by atoms with Crippen LogP contribution in [0.2, 0.25) is 0 Å². The van der Waals surface area contributed by atoms with E-state index in [4.69, 9.17) is 11.2 Å². The summed E-state index contributed by atoms with van der Waals surface area (Å²) in [5, 5.41) is 4.08. The zero-order valence-corrected chi connectivity index (χ0v) is 9.04. The van der Waals surface area contributed by atoms with E-state index in [0.29, 0.717) is 11.3 Å². The van der Waals surface area contributed by atoms with Crippen LogP contribution >= 0.6 is 0 Å². The Labute approximate surface area is 98.8 Å². The van der Waals surface area contributed by atoms with Crippen molar-refractivity contribution in [3.8, 4) is 18.0 Å². The molecule has 0 atom stereocenters. The van der Waals surface area contributed by atoms with E-state index in [1.165, 1.54) is 0 Å². The lowest BCUT2D eigenvalue weighted by molar-refractivity contribution is 0.0556. The molecular formula is C13H10N2O2. The second-order valence-corrected chi connectivity index (χ2v) is 3.25. The van der Waals surface area contributed by atoms with E-state index in [1.807, 2.05) is 6.07 Å². The number of ether oxygens (including phenoxy) is 1. The van der Waals surface area contributed by atoms with E-state index in [9.17, 15) is 4.79 Å². The molecule has 17 heavy (non-hydrogen) atoms. The molecule has 1 aromatic carbocycles. The first kappa shape index (κ1) is 11.0. The highest BCUT2D eigenvalue weighted by Crippen LogP contribution is 2.14. The van der Waals surface area contributed by atoms with Crippen LogP contribution < -0.4 is 0 Å². The maximum atomic E-state index is 11.8. The smallest absolute Gasteiger partial charge is 0.341 e. The quantitative estimate of drug-likeness (QED) is 0.590. The molecule has 0 N–H and O–H groups in total. The minimum atomic E-state index is -0.450. The number of nitrogens with zero attached hydrogens (tertiary/aromatic N) is 2. The van der Waals surface area contributed by atoms with Crippen molar-refractivity contribution in [2.24, 2.45) is 0 Å². The molecule has 4 heteroatoms. The number of terminal acetylenes is 1. The summed E-state index contributed by atoms with van der Waals surface area (Å²) in [5.74, 6) is 1.81. The number of carbonyl (C=O) groups excluding carboxylic acids is 1. The van der Waals surface area contributed by atoms with E-state index in [2.05, 4.69) is 11.0 Å². The van der Waals surface area contributed by atoms with Crippen LogP contribution in [0.5, 0.6) is 0 Å². The minimum Gasteiger partial charge on any atom is -0.449 e. The molecule has 84 valence electrons. The number of esters is 1. The van der Waals surface area contributed by atoms with Crippen LogP contribution in [0.15, 0.2) is 42.7 Å². The van der Waals surface area contributed by atoms with Gasteiger partial charge >= 0.3 is 5.97 Å². The number of para-hydroxylation sites is 1. The summed E-state index contributed by atoms with van der Waals surface area (Å²) in [6.07, 6.45) is 8.44. The number of benzene rings is 1. The molecule has 1 heterocycles. The zero-order valence-electron chi connectivity index (χ0n) is 9.04. The van der Waals surface area contributed by atoms with Crippen molar-refractivity contribution >= 4 is 5.97 Å². The summed E-state index contributed by atoms with van der Waals surface area (Å²) in [7, 11) is 0. The summed E-state index contributed by atoms with van der Waals surface area (Å²) in [4.78, 5) is 11.8. The molecule has 4 nitrogen and oxygen atoms in total. The SMILES string of the molecule is C#CCOC(=O)c1ccccc1-n1cccn1. The van der Waals surface area contributed by atoms with Crippen molar-refractivity contribution in [3.05, 3.63) is 48.3 Å². The number of rotatable bonds is 3. The molecule has 0 bridgehead atoms. The van der Waals surface area contributed by atoms with Crippen molar-refractivity contribution in [2.45, 2.75) is 0 Å². The van der Waals surface area contributed by atoms with Gasteiger partial charge in [-0.25, -0.2) is 9.48 Å². The first-order chi connectivity index (χ1) is 8.33. The van der Waals surface area contributed by atoms with Crippen molar-refractivity contribution in [1.82, 2.24) is 9.78 Å². The Balaban J connectivity index is 2.35. The standard InChI is InChI=1S/C13H10N2O2/c1-2-10-17-13(16)11-6-3-4-7-12(11)15-9-5-8-14-15/h1,3-9H,10H2. The average Bonchev–Trinajstić information content (AvgIpc) is 2.89. The fraction of sp³-hybridized carbons (Fsp3) is 0.0769. The van der Waals surface area contributed by atoms with Gasteiger partial charge in [0.15, 0.2) is 6.61 Å². The summed E-state index contributed by atoms with van der Waals surface area (Å²) >= 11 is 0. The fourth-order valence-electron chi connectivity index (χ4n) is 1.44. The Bertz CT molecular complexity index is 553. The van der Waals surface area contributed by atoms with E-state index >= 15 is 0 Å². The lowest BCUT2D eigenvalue weighted by Gasteiger charge is -2.07. The molecule has 0 spiro atoms. The molecule has 0 aliphatic carbocycles. The highest BCUT2D eigenvalue weighted by molar-refractivity contribution is 5.93. The fourth-order valence-corrected chi connectivity index (χ4v) is 1.44. The molecule has 2 aromatic rings. The average molecular weight is 226 g/mol. The van der Waals surface area contributed by atoms with Crippen LogP contribution in [0, 0.1) is 12.3 Å². The topological polar surface area (TPSA) is 44.1 Å². The summed E-state index contributed by atoms with van der Waals surface area (Å²) in [6, 6.07) is 8.84. The Morgan fingerprint density at radius 1 is 1.41 bits per heavy atom. The second kappa shape index (κ2) is 4.99. The maximum absolute atomic E-state index is 11.8. The highest BCUT2D eigenvalue weighted by Gasteiger charge is 2.13. The van der Waals surface area contributed by atoms with Crippen molar-refractivity contribution in [1.29, 1.82) is 0 Å². The van der Waals surface area contributed by atoms with Gasteiger partial charge in [0.25, 0.3) is 0 Å². The normalized spacial score (nSPS) is 9.59. The number of hydrogen-bond acceptors (Lipinski definition) is 3. The molecule has 0 saturated heterocycles. The van der Waals surface area contributed by atoms with E-state index < -0.39 is 5.97 Å². The Morgan fingerprint density at radius 3 is 2.94 bits per heavy atom. The molecular weight excluding hydrogens is 216 g/mol. The number of aromatic nitrogens is 2. The molecule has 0 aliphatic rings. The Kier molecular flexibility index (Phi) is 3.22. The van der Waals surface area contributed by atoms with Gasteiger partial charge in [0, 0.05) is 12.4 Å². The van der Waals surface area contributed by atoms with Gasteiger partial charge in [-0.3, -0.25) is 0 Å². The van der Waals surface area contributed by atoms with Gasteiger partial charge in [-0.05, 0) is 18.2 Å². The molecule has 2 rings (SSSR count). The molecule has 1 aromatic heterocycles. The Morgan fingerprint density at radius 2 is 2.24 bits per heavy atom. The third kappa shape index (κ3) is 2.34. The van der Waals surface area contributed by atoms with Gasteiger partial charge < -0.3 is 4.74 Å². The largest absolute Gasteiger partial charge is 0.449 e. The monoisotopic (exact) mass is 226 g/mol. The maximum Gasteiger partial charge on any atom is 0.341 e. The molecule has 0 radical (unpaired) electrons. The molecule has 0 fully saturated rings. The molecule has 0 amide bonds. The van der Waals surface area contributed by atoms with Crippen LogP contribution in [-0.2, 0) is 4.74 Å². The summed E-state index contributed by atoms with van der Waals surface area (Å²) < 4.78 is 6.50. The van der Waals surface area contributed by atoms with E-state index in [-0.39, 0.29) is 6.61 Å². The van der Waals surface area contributed by atoms with Gasteiger partial charge in [-0.15, -0.1) is 6.42 Å². The highest BCUT2D eigenvalue weighted by atomic mass is 16.5. The van der Waals surface area contributed by atoms with E-state index in [1.54, 1.807) is 41.3 Å². The lowest BCUT2D eigenvalue weighted by atomic mass is 10.2. The van der Waals surface area contributed by atoms with E-state index in [0.717, 1.165) is 0 Å². The van der Waals surface area contributed by atoms with Crippen LogP contribution in [0.25, 0.3) is 5.69 Å². The summed E-state index contributed by atoms with van der Waals surface area (Å²) in [5.41, 5.74) is 1.10. The van der Waals surface area contributed by atoms with Crippen LogP contribution in [0.4, 0.5) is 0 Å². The molecule has 0 aliphatic heterocycles. The number of carbonyl (C=O) groups is 1. The predicted molar refractivity (Wildman–Crippen MR) is 62.7 cm³/mol. The first-order valence-electron chi connectivity index (χ1n) is 5.02. The van der Waals surface area contributed by atoms with Crippen LogP contribution in [-0.4, -0.2) is 22.4 Å². The number of hydrogen-bond donors (Lipinski definition) is 0. The van der Waals surface area contributed by atoms with Crippen LogP contribution in [0.3, 0.4) is 0 Å². The van der Waals surface area contributed by atoms with Crippen LogP contribution in [0.1, 0.15) is 10.4 Å². The summed E-state index contributed by atoms with van der Waals surface area (Å²) in [6.45, 7) is -0.0354. The minimum absolute atomic E-state index is 0.0354. The Hall–Kier alpha value is -2.54. The molecule has 0 unspecified atom stereocenters. The van der Waals surface area contributed by atoms with Crippen molar-refractivity contribution < 1.29 is 9.53 Å². The van der Waals surface area contributed by atoms with Gasteiger partial charge in [0.2, 0.25) is 0 Å². The van der Waals surface area contributed by atoms with Gasteiger partial charge in [0.05, 0.1) is 11.3 Å². The van der Waals surface area contributed by atoms with Gasteiger partial charge in [0.1, 0.15) is 0 Å². The third-order valence-electron chi connectivity index (χ3n) is 2.16. The predicted octanol–water partition coefficient (Wildman–Crippen LogP) is 1.66. The lowest BCUT2D eigenvalue weighted by Crippen LogP contribution is -2.10. The first-order valence-corrected chi connectivity index (χ1v) is 5.02. The van der Waals surface area contributed by atoms with Crippen molar-refractivity contribution in [3.63, 3.8) is 0 Å². The van der Waals surface area contributed by atoms with Gasteiger partial charge in [-0.1, -0.05) is 18.1 Å². The van der Waals surface area contributed by atoms with Crippen molar-refractivity contribution in [2.75, 3.05) is 6.61 Å².